The van der Waals surface area contributed by atoms with Crippen LogP contribution in [0.2, 0.25) is 0 Å². The summed E-state index contributed by atoms with van der Waals surface area (Å²) in [7, 11) is 0. The summed E-state index contributed by atoms with van der Waals surface area (Å²) in [4.78, 5) is 13.8. The van der Waals surface area contributed by atoms with Crippen molar-refractivity contribution >= 4 is 11.6 Å². The molecule has 1 aromatic heterocycles. The van der Waals surface area contributed by atoms with Gasteiger partial charge in [0, 0.05) is 5.56 Å². The molecule has 27 heavy (non-hydrogen) atoms. The lowest BCUT2D eigenvalue weighted by Crippen LogP contribution is -2.32. The molecule has 2 aromatic carbocycles. The second kappa shape index (κ2) is 7.56. The van der Waals surface area contributed by atoms with Gasteiger partial charge in [0.05, 0.1) is 5.69 Å². The third-order valence-corrected chi connectivity index (χ3v) is 3.90. The fraction of sp³-hybridized carbons (Fsp3) is 0.222. The molecule has 9 heteroatoms. The minimum absolute atomic E-state index is 0.281. The number of anilines is 1. The summed E-state index contributed by atoms with van der Waals surface area (Å²) in [6.07, 6.45) is 0. The normalized spacial score (nSPS) is 12.2. The van der Waals surface area contributed by atoms with Gasteiger partial charge in [0.2, 0.25) is 5.82 Å². The largest absolute Gasteiger partial charge is 0.322 e. The molecule has 0 aliphatic carbocycles. The van der Waals surface area contributed by atoms with Crippen LogP contribution in [0.1, 0.15) is 19.9 Å². The molecule has 0 spiro atoms. The van der Waals surface area contributed by atoms with E-state index in [4.69, 9.17) is 0 Å². The zero-order valence-corrected chi connectivity index (χ0v) is 14.5. The van der Waals surface area contributed by atoms with E-state index in [2.05, 4.69) is 20.7 Å². The lowest BCUT2D eigenvalue weighted by atomic mass is 10.0. The molecule has 0 bridgehead atoms. The molecular formula is C18H16F3N5O. The van der Waals surface area contributed by atoms with E-state index in [1.807, 2.05) is 18.2 Å². The van der Waals surface area contributed by atoms with Gasteiger partial charge < -0.3 is 5.32 Å². The predicted molar refractivity (Wildman–Crippen MR) is 92.1 cm³/mol. The van der Waals surface area contributed by atoms with Crippen LogP contribution in [0.3, 0.4) is 0 Å². The average Bonchev–Trinajstić information content (AvgIpc) is 3.12. The zero-order valence-electron chi connectivity index (χ0n) is 14.5. The second-order valence-corrected chi connectivity index (χ2v) is 6.20. The highest BCUT2D eigenvalue weighted by Gasteiger charge is 2.28. The third kappa shape index (κ3) is 3.81. The number of benzene rings is 2. The lowest BCUT2D eigenvalue weighted by molar-refractivity contribution is -0.121. The summed E-state index contributed by atoms with van der Waals surface area (Å²) < 4.78 is 40.3. The van der Waals surface area contributed by atoms with Crippen LogP contribution in [-0.2, 0) is 4.79 Å². The summed E-state index contributed by atoms with van der Waals surface area (Å²) in [5, 5.41) is 14.3. The first kappa shape index (κ1) is 18.6. The standard InChI is InChI=1S/C18H16F3N5O/c1-10(2)16(18(27)22-13-9-8-12(19)14(20)15(13)21)26-24-17(23-25-26)11-6-4-3-5-7-11/h3-10,16H,1-2H3,(H,22,27). The Morgan fingerprint density at radius 3 is 2.41 bits per heavy atom. The maximum absolute atomic E-state index is 13.8. The number of tetrazole rings is 1. The Balaban J connectivity index is 1.87. The molecule has 140 valence electrons. The van der Waals surface area contributed by atoms with E-state index in [9.17, 15) is 18.0 Å². The summed E-state index contributed by atoms with van der Waals surface area (Å²) in [6.45, 7) is 3.49. The summed E-state index contributed by atoms with van der Waals surface area (Å²) in [5.74, 6) is -5.09. The highest BCUT2D eigenvalue weighted by atomic mass is 19.2. The summed E-state index contributed by atoms with van der Waals surface area (Å²) in [6, 6.07) is 9.82. The van der Waals surface area contributed by atoms with Crippen molar-refractivity contribution in [3.8, 4) is 11.4 Å². The van der Waals surface area contributed by atoms with Gasteiger partial charge in [-0.1, -0.05) is 44.2 Å². The molecule has 1 amide bonds. The monoisotopic (exact) mass is 375 g/mol. The van der Waals surface area contributed by atoms with Crippen LogP contribution >= 0.6 is 0 Å². The molecule has 1 atom stereocenters. The lowest BCUT2D eigenvalue weighted by Gasteiger charge is -2.19. The van der Waals surface area contributed by atoms with Gasteiger partial charge in [0.15, 0.2) is 23.5 Å². The number of hydrogen-bond acceptors (Lipinski definition) is 4. The van der Waals surface area contributed by atoms with Gasteiger partial charge in [-0.05, 0) is 23.3 Å². The van der Waals surface area contributed by atoms with Crippen molar-refractivity contribution in [1.82, 2.24) is 20.2 Å². The average molecular weight is 375 g/mol. The number of halogens is 3. The third-order valence-electron chi connectivity index (χ3n) is 3.90. The van der Waals surface area contributed by atoms with Crippen LogP contribution in [0, 0.1) is 23.4 Å². The Kier molecular flexibility index (Phi) is 5.20. The Morgan fingerprint density at radius 1 is 1.04 bits per heavy atom. The van der Waals surface area contributed by atoms with E-state index in [1.54, 1.807) is 26.0 Å². The molecule has 1 N–H and O–H groups in total. The summed E-state index contributed by atoms with van der Waals surface area (Å²) >= 11 is 0. The molecule has 0 saturated carbocycles. The van der Waals surface area contributed by atoms with Gasteiger partial charge in [-0.25, -0.2) is 13.2 Å². The van der Waals surface area contributed by atoms with Gasteiger partial charge >= 0.3 is 0 Å². The Hall–Kier alpha value is -3.23. The van der Waals surface area contributed by atoms with Gasteiger partial charge in [0.25, 0.3) is 5.91 Å². The van der Waals surface area contributed by atoms with E-state index in [1.165, 1.54) is 0 Å². The fourth-order valence-corrected chi connectivity index (χ4v) is 2.55. The van der Waals surface area contributed by atoms with Crippen molar-refractivity contribution < 1.29 is 18.0 Å². The van der Waals surface area contributed by atoms with Crippen molar-refractivity contribution in [2.75, 3.05) is 5.32 Å². The van der Waals surface area contributed by atoms with Crippen LogP contribution in [0.15, 0.2) is 42.5 Å². The first-order valence-corrected chi connectivity index (χ1v) is 8.17. The first-order valence-electron chi connectivity index (χ1n) is 8.17. The molecule has 6 nitrogen and oxygen atoms in total. The van der Waals surface area contributed by atoms with E-state index in [-0.39, 0.29) is 5.92 Å². The quantitative estimate of drug-likeness (QED) is 0.692. The Bertz CT molecular complexity index is 959. The van der Waals surface area contributed by atoms with Crippen molar-refractivity contribution in [2.45, 2.75) is 19.9 Å². The van der Waals surface area contributed by atoms with Crippen LogP contribution in [-0.4, -0.2) is 26.1 Å². The highest BCUT2D eigenvalue weighted by Crippen LogP contribution is 2.24. The minimum atomic E-state index is -1.65. The van der Waals surface area contributed by atoms with Crippen LogP contribution < -0.4 is 5.32 Å². The molecule has 1 heterocycles. The number of carbonyl (C=O) groups excluding carboxylic acids is 1. The smallest absolute Gasteiger partial charge is 0.251 e. The number of aromatic nitrogens is 4. The second-order valence-electron chi connectivity index (χ2n) is 6.20. The number of nitrogens with zero attached hydrogens (tertiary/aromatic N) is 4. The zero-order chi connectivity index (χ0) is 19.6. The van der Waals surface area contributed by atoms with Crippen LogP contribution in [0.25, 0.3) is 11.4 Å². The predicted octanol–water partition coefficient (Wildman–Crippen LogP) is 3.59. The summed E-state index contributed by atoms with van der Waals surface area (Å²) in [5.41, 5.74) is 0.256. The maximum Gasteiger partial charge on any atom is 0.251 e. The molecule has 1 unspecified atom stereocenters. The van der Waals surface area contributed by atoms with Crippen LogP contribution in [0.5, 0.6) is 0 Å². The molecule has 0 aliphatic rings. The maximum atomic E-state index is 13.8. The van der Waals surface area contributed by atoms with E-state index in [0.29, 0.717) is 5.82 Å². The van der Waals surface area contributed by atoms with Crippen molar-refractivity contribution in [3.63, 3.8) is 0 Å². The van der Waals surface area contributed by atoms with E-state index < -0.39 is 35.1 Å². The van der Waals surface area contributed by atoms with Crippen molar-refractivity contribution in [3.05, 3.63) is 59.9 Å². The van der Waals surface area contributed by atoms with Crippen LogP contribution in [0.4, 0.5) is 18.9 Å². The van der Waals surface area contributed by atoms with Crippen molar-refractivity contribution in [1.29, 1.82) is 0 Å². The van der Waals surface area contributed by atoms with Gasteiger partial charge in [-0.15, -0.1) is 10.2 Å². The SMILES string of the molecule is CC(C)C(C(=O)Nc1ccc(F)c(F)c1F)n1nnc(-c2ccccc2)n1. The number of carbonyl (C=O) groups is 1. The van der Waals surface area contributed by atoms with Gasteiger partial charge in [-0.3, -0.25) is 4.79 Å². The molecule has 3 aromatic rings. The molecule has 0 aliphatic heterocycles. The fourth-order valence-electron chi connectivity index (χ4n) is 2.55. The van der Waals surface area contributed by atoms with E-state index >= 15 is 0 Å². The van der Waals surface area contributed by atoms with Gasteiger partial charge in [-0.2, -0.15) is 4.80 Å². The van der Waals surface area contributed by atoms with Crippen molar-refractivity contribution in [2.24, 2.45) is 5.92 Å². The molecule has 3 rings (SSSR count). The number of rotatable bonds is 5. The number of nitrogens with one attached hydrogen (secondary N) is 1. The Labute approximate surface area is 153 Å². The number of hydrogen-bond donors (Lipinski definition) is 1. The van der Waals surface area contributed by atoms with E-state index in [0.717, 1.165) is 22.5 Å². The molecule has 0 saturated heterocycles. The number of amides is 1. The topological polar surface area (TPSA) is 72.7 Å². The molecule has 0 fully saturated rings. The molecule has 0 radical (unpaired) electrons. The minimum Gasteiger partial charge on any atom is -0.322 e. The van der Waals surface area contributed by atoms with Gasteiger partial charge in [0.1, 0.15) is 0 Å². The Morgan fingerprint density at radius 2 is 1.74 bits per heavy atom. The molecular weight excluding hydrogens is 359 g/mol. The first-order chi connectivity index (χ1) is 12.9. The highest BCUT2D eigenvalue weighted by molar-refractivity contribution is 5.93.